The highest BCUT2D eigenvalue weighted by atomic mass is 16.5. The molecule has 0 unspecified atom stereocenters. The van der Waals surface area contributed by atoms with E-state index in [2.05, 4.69) is 15.4 Å². The topological polar surface area (TPSA) is 89.4 Å². The van der Waals surface area contributed by atoms with Crippen molar-refractivity contribution in [2.75, 3.05) is 18.4 Å². The van der Waals surface area contributed by atoms with E-state index in [9.17, 15) is 9.59 Å². The van der Waals surface area contributed by atoms with Crippen molar-refractivity contribution in [3.05, 3.63) is 47.4 Å². The number of hydrogen-bond acceptors (Lipinski definition) is 5. The molecule has 27 heavy (non-hydrogen) atoms. The predicted molar refractivity (Wildman–Crippen MR) is 98.6 cm³/mol. The van der Waals surface area contributed by atoms with Crippen LogP contribution in [0.1, 0.15) is 23.2 Å². The molecule has 1 fully saturated rings. The van der Waals surface area contributed by atoms with Gasteiger partial charge < -0.3 is 15.0 Å². The average molecular weight is 367 g/mol. The van der Waals surface area contributed by atoms with Crippen LogP contribution < -0.4 is 5.32 Å². The van der Waals surface area contributed by atoms with Crippen molar-refractivity contribution in [3.63, 3.8) is 0 Å². The van der Waals surface area contributed by atoms with Crippen LogP contribution in [0.3, 0.4) is 0 Å². The molecule has 8 heteroatoms. The van der Waals surface area contributed by atoms with Gasteiger partial charge in [0.1, 0.15) is 5.82 Å². The number of anilines is 1. The number of fused-ring (bicyclic) bond motifs is 1. The molecule has 0 radical (unpaired) electrons. The number of nitrogens with zero attached hydrogens (tertiary/aromatic N) is 4. The third-order valence-corrected chi connectivity index (χ3v) is 4.68. The molecular weight excluding hydrogens is 346 g/mol. The van der Waals surface area contributed by atoms with Crippen molar-refractivity contribution in [1.82, 2.24) is 19.7 Å². The number of ether oxygens (including phenoxy) is 1. The Morgan fingerprint density at radius 1 is 1.41 bits per heavy atom. The summed E-state index contributed by atoms with van der Waals surface area (Å²) in [4.78, 5) is 29.6. The second-order valence-corrected chi connectivity index (χ2v) is 6.81. The van der Waals surface area contributed by atoms with Gasteiger partial charge >= 0.3 is 0 Å². The van der Waals surface area contributed by atoms with Crippen LogP contribution in [-0.2, 0) is 34.4 Å². The maximum absolute atomic E-state index is 12.2. The molecule has 140 valence electrons. The summed E-state index contributed by atoms with van der Waals surface area (Å²) in [6.45, 7) is 1.63. The second-order valence-electron chi connectivity index (χ2n) is 6.81. The molecule has 4 rings (SSSR count). The number of carbonyl (C=O) groups is 2. The number of nitrogens with one attached hydrogen (secondary N) is 1. The minimum atomic E-state index is -0.0429. The van der Waals surface area contributed by atoms with Gasteiger partial charge in [-0.2, -0.15) is 5.10 Å². The first-order valence-electron chi connectivity index (χ1n) is 8.93. The molecule has 2 aliphatic heterocycles. The van der Waals surface area contributed by atoms with Crippen molar-refractivity contribution in [2.45, 2.75) is 25.6 Å². The summed E-state index contributed by atoms with van der Waals surface area (Å²) in [6, 6.07) is 3.88. The minimum absolute atomic E-state index is 0.00827. The molecule has 2 amide bonds. The van der Waals surface area contributed by atoms with Crippen LogP contribution in [-0.4, -0.2) is 50.7 Å². The summed E-state index contributed by atoms with van der Waals surface area (Å²) in [6.07, 6.45) is 8.04. The molecule has 0 saturated carbocycles. The Bertz CT molecular complexity index is 899. The summed E-state index contributed by atoms with van der Waals surface area (Å²) in [5.41, 5.74) is 2.73. The summed E-state index contributed by atoms with van der Waals surface area (Å²) >= 11 is 0. The van der Waals surface area contributed by atoms with Gasteiger partial charge in [-0.15, -0.1) is 0 Å². The summed E-state index contributed by atoms with van der Waals surface area (Å²) < 4.78 is 7.49. The van der Waals surface area contributed by atoms with E-state index >= 15 is 0 Å². The zero-order valence-electron chi connectivity index (χ0n) is 15.1. The third kappa shape index (κ3) is 4.06. The van der Waals surface area contributed by atoms with Crippen LogP contribution in [0.15, 0.2) is 30.6 Å². The van der Waals surface area contributed by atoms with Crippen LogP contribution in [0.5, 0.6) is 0 Å². The van der Waals surface area contributed by atoms with Gasteiger partial charge in [0.05, 0.1) is 18.4 Å². The van der Waals surface area contributed by atoms with Gasteiger partial charge in [-0.1, -0.05) is 0 Å². The molecule has 0 spiro atoms. The molecule has 2 aliphatic rings. The van der Waals surface area contributed by atoms with Crippen molar-refractivity contribution < 1.29 is 14.3 Å². The first-order valence-corrected chi connectivity index (χ1v) is 8.93. The van der Waals surface area contributed by atoms with Crippen LogP contribution in [0.4, 0.5) is 5.82 Å². The van der Waals surface area contributed by atoms with Gasteiger partial charge in [0, 0.05) is 45.0 Å². The lowest BCUT2D eigenvalue weighted by Gasteiger charge is -2.38. The molecule has 1 N–H and O–H groups in total. The smallest absolute Gasteiger partial charge is 0.246 e. The van der Waals surface area contributed by atoms with Gasteiger partial charge in [0.25, 0.3) is 0 Å². The highest BCUT2D eigenvalue weighted by Gasteiger charge is 2.30. The third-order valence-electron chi connectivity index (χ3n) is 4.68. The van der Waals surface area contributed by atoms with E-state index in [1.807, 2.05) is 25.4 Å². The van der Waals surface area contributed by atoms with Crippen LogP contribution >= 0.6 is 0 Å². The van der Waals surface area contributed by atoms with Crippen molar-refractivity contribution in [2.24, 2.45) is 7.05 Å². The van der Waals surface area contributed by atoms with Crippen LogP contribution in [0.25, 0.3) is 6.08 Å². The largest absolute Gasteiger partial charge is 0.368 e. The van der Waals surface area contributed by atoms with Gasteiger partial charge in [-0.3, -0.25) is 14.3 Å². The number of aryl methyl sites for hydroxylation is 2. The molecule has 2 aromatic rings. The van der Waals surface area contributed by atoms with Crippen LogP contribution in [0, 0.1) is 0 Å². The fraction of sp³-hybridized carbons (Fsp3) is 0.368. The van der Waals surface area contributed by atoms with Crippen LogP contribution in [0.2, 0.25) is 0 Å². The van der Waals surface area contributed by atoms with Crippen molar-refractivity contribution in [1.29, 1.82) is 0 Å². The van der Waals surface area contributed by atoms with Gasteiger partial charge in [0.15, 0.2) is 0 Å². The first kappa shape index (κ1) is 17.4. The molecule has 2 aromatic heterocycles. The maximum Gasteiger partial charge on any atom is 0.246 e. The van der Waals surface area contributed by atoms with E-state index in [4.69, 9.17) is 4.74 Å². The molecule has 8 nitrogen and oxygen atoms in total. The zero-order chi connectivity index (χ0) is 18.8. The SMILES string of the molecule is Cn1ccc(COC2CN(C(=O)C=Cc3cnc4c(c3)CCC(=O)N4)C2)n1. The van der Waals surface area contributed by atoms with E-state index in [1.54, 1.807) is 27.9 Å². The summed E-state index contributed by atoms with van der Waals surface area (Å²) in [5.74, 6) is 0.565. The lowest BCUT2D eigenvalue weighted by atomic mass is 10.0. The van der Waals surface area contributed by atoms with Gasteiger partial charge in [-0.05, 0) is 35.8 Å². The quantitative estimate of drug-likeness (QED) is 0.801. The second kappa shape index (κ2) is 7.32. The number of likely N-dealkylation sites (tertiary alicyclic amines) is 1. The number of aromatic nitrogens is 3. The highest BCUT2D eigenvalue weighted by Crippen LogP contribution is 2.21. The van der Waals surface area contributed by atoms with Gasteiger partial charge in [0.2, 0.25) is 11.8 Å². The van der Waals surface area contributed by atoms with Crippen molar-refractivity contribution >= 4 is 23.7 Å². The Balaban J connectivity index is 1.26. The molecular formula is C19H21N5O3. The number of pyridine rings is 1. The number of amides is 2. The number of carbonyl (C=O) groups excluding carboxylic acids is 2. The van der Waals surface area contributed by atoms with E-state index in [-0.39, 0.29) is 17.9 Å². The monoisotopic (exact) mass is 367 g/mol. The van der Waals surface area contributed by atoms with E-state index in [0.717, 1.165) is 16.8 Å². The highest BCUT2D eigenvalue weighted by molar-refractivity contribution is 5.94. The van der Waals surface area contributed by atoms with Crippen molar-refractivity contribution in [3.8, 4) is 0 Å². The first-order chi connectivity index (χ1) is 13.1. The Morgan fingerprint density at radius 2 is 2.26 bits per heavy atom. The Morgan fingerprint density at radius 3 is 3.04 bits per heavy atom. The Kier molecular flexibility index (Phi) is 4.72. The van der Waals surface area contributed by atoms with Gasteiger partial charge in [-0.25, -0.2) is 4.98 Å². The lowest BCUT2D eigenvalue weighted by Crippen LogP contribution is -2.54. The summed E-state index contributed by atoms with van der Waals surface area (Å²) in [5, 5.41) is 7.01. The lowest BCUT2D eigenvalue weighted by molar-refractivity contribution is -0.140. The average Bonchev–Trinajstić information content (AvgIpc) is 3.03. The fourth-order valence-corrected chi connectivity index (χ4v) is 3.11. The molecule has 0 bridgehead atoms. The molecule has 0 aliphatic carbocycles. The minimum Gasteiger partial charge on any atom is -0.368 e. The number of rotatable bonds is 5. The normalized spacial score (nSPS) is 16.9. The van der Waals surface area contributed by atoms with E-state index in [0.29, 0.717) is 38.4 Å². The standard InChI is InChI=1S/C19H21N5O3/c1-23-7-6-15(22-23)12-27-16-10-24(11-16)18(26)5-2-13-8-14-3-4-17(25)21-19(14)20-9-13/h2,5-9,16H,3-4,10-12H2,1H3,(H,20,21,25). The zero-order valence-corrected chi connectivity index (χ0v) is 15.1. The molecule has 0 atom stereocenters. The predicted octanol–water partition coefficient (Wildman–Crippen LogP) is 1.14. The number of hydrogen-bond donors (Lipinski definition) is 1. The molecule has 1 saturated heterocycles. The van der Waals surface area contributed by atoms with E-state index in [1.165, 1.54) is 0 Å². The molecule has 0 aromatic carbocycles. The summed E-state index contributed by atoms with van der Waals surface area (Å²) in [7, 11) is 1.87. The Labute approximate surface area is 156 Å². The Hall–Kier alpha value is -3.00. The molecule has 4 heterocycles. The maximum atomic E-state index is 12.2. The van der Waals surface area contributed by atoms with E-state index < -0.39 is 0 Å². The fourth-order valence-electron chi connectivity index (χ4n) is 3.11.